The predicted octanol–water partition coefficient (Wildman–Crippen LogP) is 3.80. The van der Waals surface area contributed by atoms with Gasteiger partial charge in [-0.15, -0.1) is 11.6 Å². The Bertz CT molecular complexity index is 531. The van der Waals surface area contributed by atoms with Crippen LogP contribution in [0, 0.1) is 12.7 Å². The maximum absolute atomic E-state index is 13.4. The van der Waals surface area contributed by atoms with Crippen LogP contribution >= 0.6 is 11.6 Å². The molecule has 16 heavy (non-hydrogen) atoms. The molecule has 2 aromatic rings. The van der Waals surface area contributed by atoms with Crippen molar-refractivity contribution in [2.45, 2.75) is 32.7 Å². The lowest BCUT2D eigenvalue weighted by atomic mass is 10.2. The topological polar surface area (TPSA) is 17.8 Å². The van der Waals surface area contributed by atoms with Crippen LogP contribution in [-0.4, -0.2) is 9.55 Å². The highest BCUT2D eigenvalue weighted by molar-refractivity contribution is 6.20. The van der Waals surface area contributed by atoms with E-state index in [0.717, 1.165) is 17.9 Å². The van der Waals surface area contributed by atoms with E-state index in [0.29, 0.717) is 11.1 Å². The Morgan fingerprint density at radius 3 is 2.75 bits per heavy atom. The van der Waals surface area contributed by atoms with Crippen LogP contribution in [0.15, 0.2) is 12.1 Å². The van der Waals surface area contributed by atoms with Crippen LogP contribution in [0.2, 0.25) is 0 Å². The molecule has 0 bridgehead atoms. The van der Waals surface area contributed by atoms with Crippen molar-refractivity contribution < 1.29 is 4.39 Å². The van der Waals surface area contributed by atoms with Crippen molar-refractivity contribution in [3.8, 4) is 0 Å². The molecule has 0 aliphatic heterocycles. The Hall–Kier alpha value is -1.09. The van der Waals surface area contributed by atoms with Gasteiger partial charge in [-0.05, 0) is 32.4 Å². The van der Waals surface area contributed by atoms with Gasteiger partial charge in [-0.1, -0.05) is 0 Å². The van der Waals surface area contributed by atoms with E-state index in [1.807, 2.05) is 24.5 Å². The zero-order valence-corrected chi connectivity index (χ0v) is 10.3. The van der Waals surface area contributed by atoms with Crippen molar-refractivity contribution in [3.63, 3.8) is 0 Å². The minimum absolute atomic E-state index is 0.171. The van der Waals surface area contributed by atoms with Gasteiger partial charge in [0.05, 0.1) is 16.4 Å². The van der Waals surface area contributed by atoms with E-state index in [1.54, 1.807) is 6.92 Å². The molecular weight excluding hydrogens is 227 g/mol. The smallest absolute Gasteiger partial charge is 0.128 e. The van der Waals surface area contributed by atoms with E-state index >= 15 is 0 Å². The van der Waals surface area contributed by atoms with Gasteiger partial charge in [-0.25, -0.2) is 9.37 Å². The largest absolute Gasteiger partial charge is 0.327 e. The summed E-state index contributed by atoms with van der Waals surface area (Å²) in [5.74, 6) is 0.575. The lowest BCUT2D eigenvalue weighted by Gasteiger charge is -2.07. The Labute approximate surface area is 99.0 Å². The number of nitrogens with zero attached hydrogens (tertiary/aromatic N) is 2. The molecule has 1 aromatic carbocycles. The third-order valence-corrected chi connectivity index (χ3v) is 2.93. The molecule has 0 spiro atoms. The molecule has 86 valence electrons. The van der Waals surface area contributed by atoms with E-state index in [2.05, 4.69) is 4.98 Å². The molecule has 0 amide bonds. The number of hydrogen-bond acceptors (Lipinski definition) is 1. The van der Waals surface area contributed by atoms with Crippen LogP contribution in [0.25, 0.3) is 11.0 Å². The van der Waals surface area contributed by atoms with Gasteiger partial charge in [0.25, 0.3) is 0 Å². The predicted molar refractivity (Wildman–Crippen MR) is 64.4 cm³/mol. The number of aromatic nitrogens is 2. The van der Waals surface area contributed by atoms with Gasteiger partial charge < -0.3 is 4.57 Å². The lowest BCUT2D eigenvalue weighted by molar-refractivity contribution is 0.620. The van der Waals surface area contributed by atoms with E-state index in [-0.39, 0.29) is 11.2 Å². The average molecular weight is 241 g/mol. The summed E-state index contributed by atoms with van der Waals surface area (Å²) in [5, 5.41) is -0.171. The molecule has 1 aromatic heterocycles. The fourth-order valence-corrected chi connectivity index (χ4v) is 2.07. The van der Waals surface area contributed by atoms with Gasteiger partial charge in [0.1, 0.15) is 11.6 Å². The SMILES string of the molecule is CCn1c(C(C)Cl)nc2cc(F)c(C)cc21. The highest BCUT2D eigenvalue weighted by Gasteiger charge is 2.15. The number of fused-ring (bicyclic) bond motifs is 1. The quantitative estimate of drug-likeness (QED) is 0.730. The van der Waals surface area contributed by atoms with Crippen molar-refractivity contribution in [2.24, 2.45) is 0 Å². The van der Waals surface area contributed by atoms with Crippen molar-refractivity contribution in [1.29, 1.82) is 0 Å². The van der Waals surface area contributed by atoms with Crippen LogP contribution in [0.4, 0.5) is 4.39 Å². The van der Waals surface area contributed by atoms with E-state index < -0.39 is 0 Å². The summed E-state index contributed by atoms with van der Waals surface area (Å²) in [4.78, 5) is 4.38. The monoisotopic (exact) mass is 240 g/mol. The summed E-state index contributed by atoms with van der Waals surface area (Å²) < 4.78 is 15.4. The molecule has 1 heterocycles. The number of hydrogen-bond donors (Lipinski definition) is 0. The normalized spacial score (nSPS) is 13.3. The van der Waals surface area contributed by atoms with E-state index in [1.165, 1.54) is 6.07 Å². The summed E-state index contributed by atoms with van der Waals surface area (Å²) >= 11 is 6.06. The Morgan fingerprint density at radius 1 is 1.50 bits per heavy atom. The number of rotatable bonds is 2. The summed E-state index contributed by atoms with van der Waals surface area (Å²) in [7, 11) is 0. The molecule has 0 N–H and O–H groups in total. The Kier molecular flexibility index (Phi) is 2.89. The summed E-state index contributed by atoms with van der Waals surface area (Å²) in [6.07, 6.45) is 0. The van der Waals surface area contributed by atoms with E-state index in [9.17, 15) is 4.39 Å². The minimum atomic E-state index is -0.220. The fourth-order valence-electron chi connectivity index (χ4n) is 1.90. The molecule has 0 aliphatic rings. The second-order valence-electron chi connectivity index (χ2n) is 3.92. The second-order valence-corrected chi connectivity index (χ2v) is 4.58. The highest BCUT2D eigenvalue weighted by atomic mass is 35.5. The maximum atomic E-state index is 13.4. The molecular formula is C12H14ClFN2. The van der Waals surface area contributed by atoms with Gasteiger partial charge in [-0.2, -0.15) is 0 Å². The van der Waals surface area contributed by atoms with Crippen molar-refractivity contribution >= 4 is 22.6 Å². The van der Waals surface area contributed by atoms with Gasteiger partial charge in [0.15, 0.2) is 0 Å². The van der Waals surface area contributed by atoms with Gasteiger partial charge in [0.2, 0.25) is 0 Å². The van der Waals surface area contributed by atoms with Gasteiger partial charge >= 0.3 is 0 Å². The number of halogens is 2. The maximum Gasteiger partial charge on any atom is 0.128 e. The first-order valence-electron chi connectivity index (χ1n) is 5.35. The van der Waals surface area contributed by atoms with Gasteiger partial charge in [0, 0.05) is 12.6 Å². The van der Waals surface area contributed by atoms with Crippen molar-refractivity contribution in [3.05, 3.63) is 29.3 Å². The third-order valence-electron chi connectivity index (χ3n) is 2.73. The zero-order valence-electron chi connectivity index (χ0n) is 9.59. The standard InChI is InChI=1S/C12H14ClFN2/c1-4-16-11-5-7(2)9(14)6-10(11)15-12(16)8(3)13/h5-6,8H,4H2,1-3H3. The van der Waals surface area contributed by atoms with Crippen molar-refractivity contribution in [2.75, 3.05) is 0 Å². The average Bonchev–Trinajstić information content (AvgIpc) is 2.57. The molecule has 2 rings (SSSR count). The fraction of sp³-hybridized carbons (Fsp3) is 0.417. The summed E-state index contributed by atoms with van der Waals surface area (Å²) in [6, 6.07) is 3.30. The van der Waals surface area contributed by atoms with Crippen LogP contribution in [-0.2, 0) is 6.54 Å². The zero-order chi connectivity index (χ0) is 11.9. The van der Waals surface area contributed by atoms with Crippen LogP contribution in [0.3, 0.4) is 0 Å². The lowest BCUT2D eigenvalue weighted by Crippen LogP contribution is -2.02. The van der Waals surface area contributed by atoms with Crippen molar-refractivity contribution in [1.82, 2.24) is 9.55 Å². The first-order chi connectivity index (χ1) is 7.54. The molecule has 0 saturated carbocycles. The molecule has 0 radical (unpaired) electrons. The molecule has 4 heteroatoms. The first-order valence-corrected chi connectivity index (χ1v) is 5.78. The van der Waals surface area contributed by atoms with Gasteiger partial charge in [-0.3, -0.25) is 0 Å². The van der Waals surface area contributed by atoms with E-state index in [4.69, 9.17) is 11.6 Å². The van der Waals surface area contributed by atoms with Crippen LogP contribution in [0.1, 0.15) is 30.6 Å². The molecule has 1 atom stereocenters. The first kappa shape index (κ1) is 11.4. The third kappa shape index (κ3) is 1.69. The number of benzene rings is 1. The Morgan fingerprint density at radius 2 is 2.19 bits per heavy atom. The second kappa shape index (κ2) is 4.06. The molecule has 1 unspecified atom stereocenters. The Balaban J connectivity index is 2.77. The number of aryl methyl sites for hydroxylation is 2. The summed E-state index contributed by atoms with van der Waals surface area (Å²) in [6.45, 7) is 6.44. The summed E-state index contributed by atoms with van der Waals surface area (Å²) in [5.41, 5.74) is 2.26. The molecule has 0 saturated heterocycles. The van der Waals surface area contributed by atoms with Crippen LogP contribution in [0.5, 0.6) is 0 Å². The molecule has 0 fully saturated rings. The minimum Gasteiger partial charge on any atom is -0.327 e. The molecule has 2 nitrogen and oxygen atoms in total. The molecule has 0 aliphatic carbocycles. The highest BCUT2D eigenvalue weighted by Crippen LogP contribution is 2.26. The number of alkyl halides is 1. The number of imidazole rings is 1. The van der Waals surface area contributed by atoms with Crippen LogP contribution < -0.4 is 0 Å².